The number of nitriles is 1. The lowest BCUT2D eigenvalue weighted by molar-refractivity contribution is 0.0273. The molecule has 1 N–H and O–H groups in total. The molecule has 1 aliphatic rings. The van der Waals surface area contributed by atoms with Crippen LogP contribution in [0.4, 0.5) is 0 Å². The molecule has 1 fully saturated rings. The zero-order valence-corrected chi connectivity index (χ0v) is 7.88. The first-order chi connectivity index (χ1) is 6.14. The van der Waals surface area contributed by atoms with Gasteiger partial charge in [0.1, 0.15) is 0 Å². The highest BCUT2D eigenvalue weighted by Gasteiger charge is 2.17. The maximum absolute atomic E-state index is 11.1. The smallest absolute Gasteiger partial charge is 0.237 e. The van der Waals surface area contributed by atoms with Crippen LogP contribution in [0.15, 0.2) is 0 Å². The highest BCUT2D eigenvalue weighted by atomic mass is 32.2. The van der Waals surface area contributed by atoms with Crippen LogP contribution >= 0.6 is 0 Å². The van der Waals surface area contributed by atoms with Gasteiger partial charge in [-0.25, -0.2) is 13.4 Å². The monoisotopic (exact) mass is 205 g/mol. The average molecular weight is 205 g/mol. The maximum atomic E-state index is 11.1. The lowest BCUT2D eigenvalue weighted by atomic mass is 10.5. The van der Waals surface area contributed by atoms with Gasteiger partial charge in [-0.15, -0.1) is 4.83 Å². The first kappa shape index (κ1) is 10.4. The molecule has 1 heterocycles. The van der Waals surface area contributed by atoms with Crippen molar-refractivity contribution in [1.82, 2.24) is 9.84 Å². The van der Waals surface area contributed by atoms with E-state index in [-0.39, 0.29) is 0 Å². The van der Waals surface area contributed by atoms with E-state index < -0.39 is 15.8 Å². The van der Waals surface area contributed by atoms with Crippen LogP contribution in [-0.2, 0) is 14.8 Å². The van der Waals surface area contributed by atoms with Gasteiger partial charge in [0.2, 0.25) is 10.0 Å². The van der Waals surface area contributed by atoms with Gasteiger partial charge in [-0.2, -0.15) is 5.26 Å². The summed E-state index contributed by atoms with van der Waals surface area (Å²) in [7, 11) is -3.47. The van der Waals surface area contributed by atoms with Gasteiger partial charge in [-0.1, -0.05) is 0 Å². The molecule has 1 rings (SSSR count). The molecule has 1 aliphatic heterocycles. The molecule has 0 unspecified atom stereocenters. The lowest BCUT2D eigenvalue weighted by Crippen LogP contribution is -2.48. The molecule has 0 spiro atoms. The fourth-order valence-corrected chi connectivity index (χ4v) is 1.78. The van der Waals surface area contributed by atoms with Gasteiger partial charge in [0, 0.05) is 13.1 Å². The standard InChI is InChI=1S/C6H11N3O3S/c7-1-6-13(10,11)8-9-2-4-12-5-3-9/h8H,2-6H2. The molecule has 0 radical (unpaired) electrons. The van der Waals surface area contributed by atoms with Gasteiger partial charge in [-0.3, -0.25) is 0 Å². The third kappa shape index (κ3) is 3.69. The van der Waals surface area contributed by atoms with Crippen molar-refractivity contribution in [3.63, 3.8) is 0 Å². The van der Waals surface area contributed by atoms with Crippen LogP contribution in [-0.4, -0.2) is 45.5 Å². The van der Waals surface area contributed by atoms with E-state index >= 15 is 0 Å². The van der Waals surface area contributed by atoms with Crippen LogP contribution in [0.5, 0.6) is 0 Å². The van der Waals surface area contributed by atoms with Crippen molar-refractivity contribution in [1.29, 1.82) is 5.26 Å². The molecule has 0 amide bonds. The van der Waals surface area contributed by atoms with E-state index in [1.165, 1.54) is 5.01 Å². The number of hydrazine groups is 1. The van der Waals surface area contributed by atoms with E-state index in [2.05, 4.69) is 4.83 Å². The minimum Gasteiger partial charge on any atom is -0.379 e. The molecule has 7 heteroatoms. The summed E-state index contributed by atoms with van der Waals surface area (Å²) in [6.45, 7) is 2.06. The molecular formula is C6H11N3O3S. The molecule has 74 valence electrons. The third-order valence-electron chi connectivity index (χ3n) is 1.53. The second-order valence-electron chi connectivity index (χ2n) is 2.61. The summed E-state index contributed by atoms with van der Waals surface area (Å²) in [5.74, 6) is -0.510. The summed E-state index contributed by atoms with van der Waals surface area (Å²) in [4.78, 5) is 2.30. The van der Waals surface area contributed by atoms with Crippen molar-refractivity contribution >= 4 is 10.0 Å². The zero-order chi connectivity index (χ0) is 9.73. The fraction of sp³-hybridized carbons (Fsp3) is 0.833. The number of nitrogens with one attached hydrogen (secondary N) is 1. The summed E-state index contributed by atoms with van der Waals surface area (Å²) >= 11 is 0. The molecule has 0 aromatic heterocycles. The summed E-state index contributed by atoms with van der Waals surface area (Å²) in [5, 5.41) is 9.76. The van der Waals surface area contributed by atoms with Crippen molar-refractivity contribution in [3.8, 4) is 6.07 Å². The molecule has 0 bridgehead atoms. The molecule has 13 heavy (non-hydrogen) atoms. The summed E-state index contributed by atoms with van der Waals surface area (Å²) in [5.41, 5.74) is 0. The first-order valence-corrected chi connectivity index (χ1v) is 5.49. The Morgan fingerprint density at radius 3 is 2.62 bits per heavy atom. The van der Waals surface area contributed by atoms with Gasteiger partial charge in [0.15, 0.2) is 5.75 Å². The van der Waals surface area contributed by atoms with Gasteiger partial charge in [0.05, 0.1) is 19.3 Å². The Morgan fingerprint density at radius 2 is 2.08 bits per heavy atom. The van der Waals surface area contributed by atoms with Crippen molar-refractivity contribution in [2.24, 2.45) is 0 Å². The Bertz CT molecular complexity index is 289. The Hall–Kier alpha value is -0.680. The summed E-state index contributed by atoms with van der Waals surface area (Å²) in [6, 6.07) is 1.59. The largest absolute Gasteiger partial charge is 0.379 e. The van der Waals surface area contributed by atoms with Gasteiger partial charge in [0.25, 0.3) is 0 Å². The third-order valence-corrected chi connectivity index (χ3v) is 2.58. The number of sulfonamides is 1. The second kappa shape index (κ2) is 4.53. The molecule has 0 aromatic carbocycles. The average Bonchev–Trinajstić information content (AvgIpc) is 2.04. The Labute approximate surface area is 77.1 Å². The highest BCUT2D eigenvalue weighted by Crippen LogP contribution is 1.94. The molecular weight excluding hydrogens is 194 g/mol. The van der Waals surface area contributed by atoms with Crippen molar-refractivity contribution < 1.29 is 13.2 Å². The zero-order valence-electron chi connectivity index (χ0n) is 7.06. The molecule has 1 saturated heterocycles. The minimum atomic E-state index is -3.47. The molecule has 6 nitrogen and oxygen atoms in total. The molecule has 0 aliphatic carbocycles. The SMILES string of the molecule is N#CCS(=O)(=O)NN1CCOCC1. The quantitative estimate of drug-likeness (QED) is 0.617. The second-order valence-corrected chi connectivity index (χ2v) is 4.31. The van der Waals surface area contributed by atoms with Gasteiger partial charge < -0.3 is 4.74 Å². The number of nitrogens with zero attached hydrogens (tertiary/aromatic N) is 2. The summed E-state index contributed by atoms with van der Waals surface area (Å²) in [6.07, 6.45) is 0. The van der Waals surface area contributed by atoms with Crippen molar-refractivity contribution in [2.45, 2.75) is 0 Å². The minimum absolute atomic E-state index is 0.509. The topological polar surface area (TPSA) is 82.4 Å². The Kier molecular flexibility index (Phi) is 3.62. The van der Waals surface area contributed by atoms with E-state index in [4.69, 9.17) is 10.00 Å². The molecule has 0 saturated carbocycles. The van der Waals surface area contributed by atoms with Gasteiger partial charge >= 0.3 is 0 Å². The van der Waals surface area contributed by atoms with Crippen molar-refractivity contribution in [2.75, 3.05) is 32.1 Å². The van der Waals surface area contributed by atoms with Crippen LogP contribution in [0.25, 0.3) is 0 Å². The number of hydrogen-bond acceptors (Lipinski definition) is 5. The summed E-state index contributed by atoms with van der Waals surface area (Å²) < 4.78 is 27.2. The fourth-order valence-electron chi connectivity index (χ4n) is 0.969. The van der Waals surface area contributed by atoms with Gasteiger partial charge in [-0.05, 0) is 0 Å². The first-order valence-electron chi connectivity index (χ1n) is 3.84. The van der Waals surface area contributed by atoms with Crippen molar-refractivity contribution in [3.05, 3.63) is 0 Å². The normalized spacial score (nSPS) is 19.6. The number of hydrogen-bond donors (Lipinski definition) is 1. The van der Waals surface area contributed by atoms with Crippen LogP contribution in [0.1, 0.15) is 0 Å². The molecule has 0 atom stereocenters. The predicted octanol–water partition coefficient (Wildman–Crippen LogP) is -1.32. The number of morpholine rings is 1. The maximum Gasteiger partial charge on any atom is 0.237 e. The van der Waals surface area contributed by atoms with E-state index in [1.54, 1.807) is 6.07 Å². The lowest BCUT2D eigenvalue weighted by Gasteiger charge is -2.26. The van der Waals surface area contributed by atoms with Crippen LogP contribution < -0.4 is 4.83 Å². The van der Waals surface area contributed by atoms with E-state index in [9.17, 15) is 8.42 Å². The number of ether oxygens (including phenoxy) is 1. The van der Waals surface area contributed by atoms with Crippen LogP contribution in [0, 0.1) is 11.3 Å². The van der Waals surface area contributed by atoms with E-state index in [0.29, 0.717) is 26.3 Å². The van der Waals surface area contributed by atoms with E-state index in [0.717, 1.165) is 0 Å². The number of rotatable bonds is 3. The highest BCUT2D eigenvalue weighted by molar-refractivity contribution is 7.89. The van der Waals surface area contributed by atoms with Crippen LogP contribution in [0.3, 0.4) is 0 Å². The van der Waals surface area contributed by atoms with E-state index in [1.807, 2.05) is 0 Å². The Morgan fingerprint density at radius 1 is 1.46 bits per heavy atom. The van der Waals surface area contributed by atoms with Crippen LogP contribution in [0.2, 0.25) is 0 Å². The predicted molar refractivity (Wildman–Crippen MR) is 44.9 cm³/mol. The molecule has 0 aromatic rings. The Balaban J connectivity index is 2.43.